The van der Waals surface area contributed by atoms with Gasteiger partial charge in [0.25, 0.3) is 10.1 Å². The summed E-state index contributed by atoms with van der Waals surface area (Å²) >= 11 is 0. The van der Waals surface area contributed by atoms with Gasteiger partial charge in [-0.25, -0.2) is 0 Å². The van der Waals surface area contributed by atoms with E-state index in [4.69, 9.17) is 14.7 Å². The van der Waals surface area contributed by atoms with Crippen LogP contribution in [0.1, 0.15) is 5.56 Å². The maximum Gasteiger partial charge on any atom is 0.339 e. The first-order valence-corrected chi connectivity index (χ1v) is 10.3. The van der Waals surface area contributed by atoms with E-state index in [9.17, 15) is 21.4 Å². The van der Waals surface area contributed by atoms with Crippen LogP contribution in [0.15, 0.2) is 64.0 Å². The van der Waals surface area contributed by atoms with Crippen molar-refractivity contribution in [3.05, 3.63) is 59.8 Å². The Labute approximate surface area is 162 Å². The Hall–Kier alpha value is -3.38. The summed E-state index contributed by atoms with van der Waals surface area (Å²) in [5, 5.41) is 19.8. The van der Waals surface area contributed by atoms with Crippen molar-refractivity contribution in [2.45, 2.75) is 16.7 Å². The Morgan fingerprint density at radius 3 is 2.21 bits per heavy atom. The summed E-state index contributed by atoms with van der Waals surface area (Å²) in [4.78, 5) is -0.833. The van der Waals surface area contributed by atoms with Crippen LogP contribution >= 0.6 is 0 Å². The third-order valence-electron chi connectivity index (χ3n) is 3.36. The molecule has 0 saturated heterocycles. The molecule has 0 unspecified atom stereocenters. The number of allylic oxidation sites excluding steroid dienone is 1. The molecule has 0 bridgehead atoms. The zero-order valence-electron chi connectivity index (χ0n) is 14.3. The lowest BCUT2D eigenvalue weighted by molar-refractivity contribution is 0.475. The highest BCUT2D eigenvalue weighted by Gasteiger charge is 2.21. The van der Waals surface area contributed by atoms with Gasteiger partial charge < -0.3 is 9.50 Å². The molecule has 11 heteroatoms. The lowest BCUT2D eigenvalue weighted by Crippen LogP contribution is -2.11. The fourth-order valence-electron chi connectivity index (χ4n) is 2.01. The first-order valence-electron chi connectivity index (χ1n) is 7.46. The molecule has 0 amide bonds. The molecule has 0 fully saturated rings. The number of nitrogens with one attached hydrogen (secondary N) is 1. The van der Waals surface area contributed by atoms with Crippen LogP contribution in [-0.2, 0) is 20.2 Å². The van der Waals surface area contributed by atoms with Crippen LogP contribution in [-0.4, -0.2) is 21.4 Å². The van der Waals surface area contributed by atoms with Crippen molar-refractivity contribution in [3.8, 4) is 17.9 Å². The molecule has 0 aromatic heterocycles. The Balaban J connectivity index is 2.43. The van der Waals surface area contributed by atoms with Crippen LogP contribution in [0.3, 0.4) is 0 Å². The third-order valence-corrected chi connectivity index (χ3v) is 5.51. The molecule has 0 saturated carbocycles. The molecular weight excluding hydrogens is 406 g/mol. The molecule has 2 aromatic rings. The van der Waals surface area contributed by atoms with Crippen molar-refractivity contribution >= 4 is 25.9 Å². The molecule has 2 rings (SSSR count). The Morgan fingerprint density at radius 2 is 1.68 bits per heavy atom. The Morgan fingerprint density at radius 1 is 1.07 bits per heavy atom. The van der Waals surface area contributed by atoms with Crippen molar-refractivity contribution in [1.29, 1.82) is 10.5 Å². The zero-order valence-corrected chi connectivity index (χ0v) is 16.0. The van der Waals surface area contributed by atoms with Gasteiger partial charge in [0, 0.05) is 12.3 Å². The Bertz CT molecular complexity index is 1200. The summed E-state index contributed by atoms with van der Waals surface area (Å²) in [7, 11) is -9.01. The SMILES string of the molecule is Cc1ccc(S(=O)(=O)Oc2ccc(NC=C(C#N)C#N)c(S(=O)(=O)O)c2)cc1. The topological polar surface area (TPSA) is 157 Å². The second-order valence-electron chi connectivity index (χ2n) is 5.41. The van der Waals surface area contributed by atoms with Gasteiger partial charge in [-0.2, -0.15) is 27.4 Å². The van der Waals surface area contributed by atoms with E-state index in [2.05, 4.69) is 5.32 Å². The molecule has 0 aliphatic rings. The average Bonchev–Trinajstić information content (AvgIpc) is 2.62. The van der Waals surface area contributed by atoms with Gasteiger partial charge in [0.1, 0.15) is 33.3 Å². The Kier molecular flexibility index (Phi) is 6.06. The number of aryl methyl sites for hydroxylation is 1. The minimum absolute atomic E-state index is 0.135. The van der Waals surface area contributed by atoms with Gasteiger partial charge in [-0.05, 0) is 31.2 Å². The maximum atomic E-state index is 12.3. The second kappa shape index (κ2) is 8.10. The lowest BCUT2D eigenvalue weighted by atomic mass is 10.2. The fraction of sp³-hybridized carbons (Fsp3) is 0.0588. The summed E-state index contributed by atoms with van der Waals surface area (Å²) < 4.78 is 62.2. The third kappa shape index (κ3) is 5.08. The number of rotatable bonds is 6. The van der Waals surface area contributed by atoms with Crippen LogP contribution in [0.4, 0.5) is 5.69 Å². The van der Waals surface area contributed by atoms with Gasteiger partial charge in [-0.1, -0.05) is 17.7 Å². The molecule has 0 aliphatic heterocycles. The smallest absolute Gasteiger partial charge is 0.339 e. The van der Waals surface area contributed by atoms with Crippen LogP contribution in [0.25, 0.3) is 0 Å². The molecule has 144 valence electrons. The number of nitriles is 2. The number of hydrogen-bond acceptors (Lipinski definition) is 8. The number of benzene rings is 2. The van der Waals surface area contributed by atoms with Crippen molar-refractivity contribution in [1.82, 2.24) is 0 Å². The second-order valence-corrected chi connectivity index (χ2v) is 8.35. The van der Waals surface area contributed by atoms with E-state index in [1.807, 2.05) is 0 Å². The number of nitrogens with zero attached hydrogens (tertiary/aromatic N) is 2. The summed E-state index contributed by atoms with van der Waals surface area (Å²) in [6, 6.07) is 12.0. The van der Waals surface area contributed by atoms with Crippen LogP contribution < -0.4 is 9.50 Å². The molecule has 0 heterocycles. The summed E-state index contributed by atoms with van der Waals surface area (Å²) in [5.74, 6) is -0.358. The van der Waals surface area contributed by atoms with Gasteiger partial charge in [0.2, 0.25) is 0 Å². The van der Waals surface area contributed by atoms with E-state index in [0.717, 1.165) is 30.0 Å². The molecule has 0 radical (unpaired) electrons. The summed E-state index contributed by atoms with van der Waals surface area (Å²) in [5.41, 5.74) is 0.305. The van der Waals surface area contributed by atoms with Crippen molar-refractivity contribution in [3.63, 3.8) is 0 Å². The van der Waals surface area contributed by atoms with Crippen molar-refractivity contribution in [2.75, 3.05) is 5.32 Å². The monoisotopic (exact) mass is 419 g/mol. The van der Waals surface area contributed by atoms with Crippen molar-refractivity contribution < 1.29 is 25.6 Å². The van der Waals surface area contributed by atoms with E-state index < -0.39 is 25.1 Å². The first kappa shape index (κ1) is 20.9. The van der Waals surface area contributed by atoms with Crippen molar-refractivity contribution in [2.24, 2.45) is 0 Å². The highest BCUT2D eigenvalue weighted by Crippen LogP contribution is 2.28. The van der Waals surface area contributed by atoms with E-state index in [1.165, 1.54) is 12.1 Å². The standard InChI is InChI=1S/C17H13N3O6S2/c1-12-2-5-15(6-3-12)28(24,25)26-14-4-7-16(17(8-14)27(21,22)23)20-11-13(9-18)10-19/h2-8,11,20H,1H3,(H,21,22,23). The molecular formula is C17H13N3O6S2. The molecule has 2 N–H and O–H groups in total. The van der Waals surface area contributed by atoms with E-state index >= 15 is 0 Å². The van der Waals surface area contributed by atoms with Gasteiger partial charge in [0.15, 0.2) is 0 Å². The largest absolute Gasteiger partial charge is 0.379 e. The quantitative estimate of drug-likeness (QED) is 0.407. The highest BCUT2D eigenvalue weighted by molar-refractivity contribution is 7.87. The predicted molar refractivity (Wildman–Crippen MR) is 98.2 cm³/mol. The van der Waals surface area contributed by atoms with E-state index in [-0.39, 0.29) is 21.9 Å². The summed E-state index contributed by atoms with van der Waals surface area (Å²) in [6.45, 7) is 1.78. The van der Waals surface area contributed by atoms with Crippen LogP contribution in [0.5, 0.6) is 5.75 Å². The first-order chi connectivity index (χ1) is 13.1. The molecule has 0 spiro atoms. The van der Waals surface area contributed by atoms with Crippen LogP contribution in [0.2, 0.25) is 0 Å². The number of hydrogen-bond donors (Lipinski definition) is 2. The fourth-order valence-corrected chi connectivity index (χ4v) is 3.60. The minimum Gasteiger partial charge on any atom is -0.379 e. The molecule has 0 atom stereocenters. The molecule has 9 nitrogen and oxygen atoms in total. The minimum atomic E-state index is -4.78. The molecule has 2 aromatic carbocycles. The maximum absolute atomic E-state index is 12.3. The van der Waals surface area contributed by atoms with E-state index in [0.29, 0.717) is 0 Å². The van der Waals surface area contributed by atoms with Gasteiger partial charge in [-0.15, -0.1) is 0 Å². The zero-order chi connectivity index (χ0) is 20.9. The predicted octanol–water partition coefficient (Wildman–Crippen LogP) is 2.35. The normalized spacial score (nSPS) is 11.0. The summed E-state index contributed by atoms with van der Waals surface area (Å²) in [6.07, 6.45) is 0.938. The lowest BCUT2D eigenvalue weighted by Gasteiger charge is -2.11. The molecule has 0 aliphatic carbocycles. The van der Waals surface area contributed by atoms with Gasteiger partial charge in [-0.3, -0.25) is 4.55 Å². The highest BCUT2D eigenvalue weighted by atomic mass is 32.2. The van der Waals surface area contributed by atoms with E-state index in [1.54, 1.807) is 31.2 Å². The van der Waals surface area contributed by atoms with Gasteiger partial charge >= 0.3 is 10.1 Å². The van der Waals surface area contributed by atoms with Crippen LogP contribution in [0, 0.1) is 29.6 Å². The number of anilines is 1. The molecule has 28 heavy (non-hydrogen) atoms. The van der Waals surface area contributed by atoms with Gasteiger partial charge in [0.05, 0.1) is 5.69 Å². The average molecular weight is 419 g/mol.